The van der Waals surface area contributed by atoms with Crippen LogP contribution in [0.5, 0.6) is 0 Å². The first kappa shape index (κ1) is 13.7. The number of nitrogens with zero attached hydrogens (tertiary/aromatic N) is 1. The molecular weight excluding hydrogens is 244 g/mol. The number of aryl methyl sites for hydroxylation is 1. The Morgan fingerprint density at radius 1 is 1.44 bits per heavy atom. The third kappa shape index (κ3) is 2.99. The minimum Gasteiger partial charge on any atom is -0.368 e. The number of piperidine rings is 1. The van der Waals surface area contributed by atoms with Crippen LogP contribution in [0.4, 0.5) is 5.69 Å². The van der Waals surface area contributed by atoms with E-state index in [4.69, 9.17) is 11.6 Å². The largest absolute Gasteiger partial charge is 0.368 e. The van der Waals surface area contributed by atoms with E-state index in [9.17, 15) is 0 Å². The van der Waals surface area contributed by atoms with Gasteiger partial charge in [-0.2, -0.15) is 0 Å². The second-order valence-corrected chi connectivity index (χ2v) is 5.69. The lowest BCUT2D eigenvalue weighted by molar-refractivity contribution is 0.374. The SMILES string of the molecule is CCNC1CCN(c2ccc(Cl)cc2C)C(C)C1. The Labute approximate surface area is 115 Å². The van der Waals surface area contributed by atoms with Gasteiger partial charge in [-0.3, -0.25) is 0 Å². The molecule has 18 heavy (non-hydrogen) atoms. The van der Waals surface area contributed by atoms with E-state index in [0.29, 0.717) is 12.1 Å². The number of nitrogens with one attached hydrogen (secondary N) is 1. The highest BCUT2D eigenvalue weighted by Gasteiger charge is 2.25. The highest BCUT2D eigenvalue weighted by molar-refractivity contribution is 6.30. The monoisotopic (exact) mass is 266 g/mol. The zero-order valence-corrected chi connectivity index (χ0v) is 12.3. The summed E-state index contributed by atoms with van der Waals surface area (Å²) >= 11 is 6.03. The predicted octanol–water partition coefficient (Wildman–Crippen LogP) is 3.62. The minimum absolute atomic E-state index is 0.586. The highest BCUT2D eigenvalue weighted by Crippen LogP contribution is 2.29. The van der Waals surface area contributed by atoms with Crippen LogP contribution in [0.3, 0.4) is 0 Å². The van der Waals surface area contributed by atoms with Crippen molar-refractivity contribution in [2.45, 2.75) is 45.7 Å². The number of hydrogen-bond acceptors (Lipinski definition) is 2. The number of anilines is 1. The van der Waals surface area contributed by atoms with Gasteiger partial charge in [0.15, 0.2) is 0 Å². The predicted molar refractivity (Wildman–Crippen MR) is 79.7 cm³/mol. The number of rotatable bonds is 3. The van der Waals surface area contributed by atoms with Gasteiger partial charge in [-0.15, -0.1) is 0 Å². The lowest BCUT2D eigenvalue weighted by atomic mass is 9.96. The molecule has 1 fully saturated rings. The van der Waals surface area contributed by atoms with Crippen LogP contribution in [-0.2, 0) is 0 Å². The van der Waals surface area contributed by atoms with Crippen molar-refractivity contribution in [1.29, 1.82) is 0 Å². The van der Waals surface area contributed by atoms with Crippen molar-refractivity contribution in [1.82, 2.24) is 5.32 Å². The van der Waals surface area contributed by atoms with Gasteiger partial charge in [-0.1, -0.05) is 18.5 Å². The fourth-order valence-corrected chi connectivity index (χ4v) is 3.17. The molecule has 1 aliphatic heterocycles. The normalized spacial score (nSPS) is 24.3. The van der Waals surface area contributed by atoms with Gasteiger partial charge in [0.05, 0.1) is 0 Å². The van der Waals surface area contributed by atoms with Gasteiger partial charge in [0, 0.05) is 29.3 Å². The molecule has 2 rings (SSSR count). The molecule has 1 N–H and O–H groups in total. The number of hydrogen-bond donors (Lipinski definition) is 1. The summed E-state index contributed by atoms with van der Waals surface area (Å²) in [5, 5.41) is 4.39. The van der Waals surface area contributed by atoms with Gasteiger partial charge >= 0.3 is 0 Å². The molecule has 0 amide bonds. The van der Waals surface area contributed by atoms with Gasteiger partial charge < -0.3 is 10.2 Å². The lowest BCUT2D eigenvalue weighted by Gasteiger charge is -2.40. The molecule has 0 radical (unpaired) electrons. The number of benzene rings is 1. The Hall–Kier alpha value is -0.730. The Morgan fingerprint density at radius 2 is 2.22 bits per heavy atom. The fourth-order valence-electron chi connectivity index (χ4n) is 2.95. The van der Waals surface area contributed by atoms with E-state index in [2.05, 4.69) is 43.1 Å². The molecule has 1 aromatic carbocycles. The van der Waals surface area contributed by atoms with Crippen molar-refractivity contribution in [3.8, 4) is 0 Å². The maximum absolute atomic E-state index is 6.03. The first-order valence-electron chi connectivity index (χ1n) is 6.88. The van der Waals surface area contributed by atoms with Gasteiger partial charge in [0.2, 0.25) is 0 Å². The average Bonchev–Trinajstić information content (AvgIpc) is 2.31. The smallest absolute Gasteiger partial charge is 0.0410 e. The molecule has 1 aromatic rings. The molecule has 3 heteroatoms. The summed E-state index contributed by atoms with van der Waals surface area (Å²) in [6.45, 7) is 8.83. The summed E-state index contributed by atoms with van der Waals surface area (Å²) < 4.78 is 0. The van der Waals surface area contributed by atoms with Crippen molar-refractivity contribution in [3.63, 3.8) is 0 Å². The van der Waals surface area contributed by atoms with Gasteiger partial charge in [-0.05, 0) is 57.0 Å². The van der Waals surface area contributed by atoms with Crippen LogP contribution in [0, 0.1) is 6.92 Å². The quantitative estimate of drug-likeness (QED) is 0.899. The zero-order chi connectivity index (χ0) is 13.1. The van der Waals surface area contributed by atoms with Gasteiger partial charge in [-0.25, -0.2) is 0 Å². The Morgan fingerprint density at radius 3 is 2.83 bits per heavy atom. The molecule has 0 saturated carbocycles. The summed E-state index contributed by atoms with van der Waals surface area (Å²) in [7, 11) is 0. The second kappa shape index (κ2) is 5.94. The molecule has 0 spiro atoms. The molecule has 2 nitrogen and oxygen atoms in total. The van der Waals surface area contributed by atoms with E-state index < -0.39 is 0 Å². The van der Waals surface area contributed by atoms with Crippen molar-refractivity contribution in [2.24, 2.45) is 0 Å². The second-order valence-electron chi connectivity index (χ2n) is 5.25. The molecule has 0 aliphatic carbocycles. The average molecular weight is 267 g/mol. The Kier molecular flexibility index (Phi) is 4.52. The first-order chi connectivity index (χ1) is 8.61. The molecule has 100 valence electrons. The maximum Gasteiger partial charge on any atom is 0.0410 e. The van der Waals surface area contributed by atoms with Crippen LogP contribution in [0.25, 0.3) is 0 Å². The van der Waals surface area contributed by atoms with E-state index in [0.717, 1.165) is 18.1 Å². The highest BCUT2D eigenvalue weighted by atomic mass is 35.5. The first-order valence-corrected chi connectivity index (χ1v) is 7.25. The van der Waals surface area contributed by atoms with Crippen LogP contribution in [0.1, 0.15) is 32.3 Å². The zero-order valence-electron chi connectivity index (χ0n) is 11.5. The molecule has 1 aliphatic rings. The van der Waals surface area contributed by atoms with Crippen LogP contribution in [0.15, 0.2) is 18.2 Å². The summed E-state index contributed by atoms with van der Waals surface area (Å²) in [6, 6.07) is 7.46. The summed E-state index contributed by atoms with van der Waals surface area (Å²) in [5.41, 5.74) is 2.61. The van der Waals surface area contributed by atoms with Crippen LogP contribution < -0.4 is 10.2 Å². The maximum atomic E-state index is 6.03. The van der Waals surface area contributed by atoms with Gasteiger partial charge in [0.1, 0.15) is 0 Å². The molecular formula is C15H23ClN2. The van der Waals surface area contributed by atoms with E-state index in [1.807, 2.05) is 6.07 Å². The minimum atomic E-state index is 0.586. The van der Waals surface area contributed by atoms with Gasteiger partial charge in [0.25, 0.3) is 0 Å². The van der Waals surface area contributed by atoms with Crippen LogP contribution >= 0.6 is 11.6 Å². The third-order valence-electron chi connectivity index (χ3n) is 3.84. The van der Waals surface area contributed by atoms with E-state index in [-0.39, 0.29) is 0 Å². The molecule has 2 atom stereocenters. The molecule has 1 saturated heterocycles. The molecule has 0 aromatic heterocycles. The number of halogens is 1. The van der Waals surface area contributed by atoms with Crippen molar-refractivity contribution < 1.29 is 0 Å². The lowest BCUT2D eigenvalue weighted by Crippen LogP contribution is -2.47. The van der Waals surface area contributed by atoms with Crippen LogP contribution in [0.2, 0.25) is 5.02 Å². The van der Waals surface area contributed by atoms with Crippen molar-refractivity contribution in [3.05, 3.63) is 28.8 Å². The summed E-state index contributed by atoms with van der Waals surface area (Å²) in [4.78, 5) is 2.51. The third-order valence-corrected chi connectivity index (χ3v) is 4.07. The standard InChI is InChI=1S/C15H23ClN2/c1-4-17-14-7-8-18(12(3)10-14)15-6-5-13(16)9-11(15)2/h5-6,9,12,14,17H,4,7-8,10H2,1-3H3. The Balaban J connectivity index is 2.10. The van der Waals surface area contributed by atoms with Crippen molar-refractivity contribution in [2.75, 3.05) is 18.0 Å². The summed E-state index contributed by atoms with van der Waals surface area (Å²) in [5.74, 6) is 0. The Bertz CT molecular complexity index is 405. The van der Waals surface area contributed by atoms with Crippen molar-refractivity contribution >= 4 is 17.3 Å². The van der Waals surface area contributed by atoms with E-state index in [1.54, 1.807) is 0 Å². The molecule has 1 heterocycles. The fraction of sp³-hybridized carbons (Fsp3) is 0.600. The topological polar surface area (TPSA) is 15.3 Å². The molecule has 2 unspecified atom stereocenters. The molecule has 0 bridgehead atoms. The van der Waals surface area contributed by atoms with E-state index >= 15 is 0 Å². The van der Waals surface area contributed by atoms with E-state index in [1.165, 1.54) is 24.1 Å². The van der Waals surface area contributed by atoms with Crippen LogP contribution in [-0.4, -0.2) is 25.2 Å². The summed E-state index contributed by atoms with van der Waals surface area (Å²) in [6.07, 6.45) is 2.44.